The lowest BCUT2D eigenvalue weighted by atomic mass is 9.67. The first-order valence-electron chi connectivity index (χ1n) is 29.8. The maximum atomic E-state index is 2.56. The number of benzene rings is 13. The smallest absolute Gasteiger partial charge is 0.0714 e. The van der Waals surface area contributed by atoms with Gasteiger partial charge in [-0.15, -0.1) is 0 Å². The van der Waals surface area contributed by atoms with Crippen LogP contribution in [0, 0.1) is 20.8 Å². The standard InChI is InChI=1S/C82H62N2/c1-53-33-41-59(42-34-53)81(73-29-9-5-25-67(73)68-26-6-10-30-74(68)81)61-19-15-23-65(51-61)83(63-21-13-17-55(3)49-63)77-47-39-57-38-46-72-78(48-40-58-37-45-71(77)79(57)80(58)72)84(64-22-14-18-56(4)50-64)66-24-16-20-62(52-66)82(60-43-35-54(2)36-44-60)75-31-11-7-27-69(75)70-28-8-12-32-76(70)82/h5-13,15-17,19-52H,14,18H2,1-4H3. The van der Waals surface area contributed by atoms with Gasteiger partial charge < -0.3 is 9.80 Å². The molecule has 0 bridgehead atoms. The number of fused-ring (bicyclic) bond motifs is 6. The van der Waals surface area contributed by atoms with E-state index >= 15 is 0 Å². The summed E-state index contributed by atoms with van der Waals surface area (Å²) in [5.74, 6) is 0. The first kappa shape index (κ1) is 49.8. The molecule has 13 aromatic carbocycles. The summed E-state index contributed by atoms with van der Waals surface area (Å²) in [7, 11) is 0. The molecular formula is C82H62N2. The average molecular weight is 1080 g/mol. The molecule has 3 aliphatic rings. The van der Waals surface area contributed by atoms with E-state index < -0.39 is 10.8 Å². The second-order valence-corrected chi connectivity index (χ2v) is 23.8. The number of nitrogens with zero attached hydrogens (tertiary/aromatic N) is 2. The second-order valence-electron chi connectivity index (χ2n) is 23.8. The van der Waals surface area contributed by atoms with Crippen LogP contribution in [0.5, 0.6) is 0 Å². The highest BCUT2D eigenvalue weighted by molar-refractivity contribution is 6.28. The Bertz CT molecular complexity index is 4750. The van der Waals surface area contributed by atoms with Gasteiger partial charge in [0.25, 0.3) is 0 Å². The molecule has 0 atom stereocenters. The van der Waals surface area contributed by atoms with E-state index in [2.05, 4.69) is 317 Å². The Kier molecular flexibility index (Phi) is 11.4. The summed E-state index contributed by atoms with van der Waals surface area (Å²) in [6.07, 6.45) is 6.90. The molecule has 0 saturated heterocycles. The van der Waals surface area contributed by atoms with Crippen molar-refractivity contribution in [3.63, 3.8) is 0 Å². The van der Waals surface area contributed by atoms with Gasteiger partial charge in [-0.25, -0.2) is 0 Å². The molecule has 2 heteroatoms. The van der Waals surface area contributed by atoms with Crippen LogP contribution in [0.2, 0.25) is 0 Å². The van der Waals surface area contributed by atoms with E-state index in [1.165, 1.54) is 127 Å². The maximum Gasteiger partial charge on any atom is 0.0714 e. The molecule has 0 radical (unpaired) electrons. The van der Waals surface area contributed by atoms with Gasteiger partial charge in [0.2, 0.25) is 0 Å². The van der Waals surface area contributed by atoms with E-state index in [9.17, 15) is 0 Å². The van der Waals surface area contributed by atoms with Gasteiger partial charge in [-0.2, -0.15) is 0 Å². The first-order valence-corrected chi connectivity index (χ1v) is 29.8. The van der Waals surface area contributed by atoms with Gasteiger partial charge in [-0.05, 0) is 189 Å². The highest BCUT2D eigenvalue weighted by atomic mass is 15.2. The van der Waals surface area contributed by atoms with Crippen molar-refractivity contribution in [1.29, 1.82) is 0 Å². The van der Waals surface area contributed by atoms with Crippen molar-refractivity contribution >= 4 is 60.8 Å². The molecule has 0 amide bonds. The third kappa shape index (κ3) is 7.36. The molecule has 0 fully saturated rings. The van der Waals surface area contributed by atoms with E-state index in [1.54, 1.807) is 0 Å². The van der Waals surface area contributed by atoms with E-state index in [0.29, 0.717) is 0 Å². The van der Waals surface area contributed by atoms with Gasteiger partial charge in [0.05, 0.1) is 22.2 Å². The fourth-order valence-electron chi connectivity index (χ4n) is 15.2. The van der Waals surface area contributed by atoms with Crippen LogP contribution < -0.4 is 9.80 Å². The minimum Gasteiger partial charge on any atom is -0.310 e. The lowest BCUT2D eigenvalue weighted by molar-refractivity contribution is 0.768. The molecule has 0 spiro atoms. The number of aryl methyl sites for hydroxylation is 3. The summed E-state index contributed by atoms with van der Waals surface area (Å²) >= 11 is 0. The molecule has 3 aliphatic carbocycles. The normalized spacial score (nSPS) is 14.4. The molecule has 13 aromatic rings. The van der Waals surface area contributed by atoms with Crippen LogP contribution in [0.4, 0.5) is 28.4 Å². The van der Waals surface area contributed by atoms with E-state index in [1.807, 2.05) is 0 Å². The molecule has 0 heterocycles. The van der Waals surface area contributed by atoms with Gasteiger partial charge in [0.1, 0.15) is 0 Å². The van der Waals surface area contributed by atoms with Crippen LogP contribution in [0.25, 0.3) is 54.6 Å². The fraction of sp³-hybridized carbons (Fsp3) is 0.0976. The lowest BCUT2D eigenvalue weighted by Crippen LogP contribution is -2.29. The molecule has 2 nitrogen and oxygen atoms in total. The largest absolute Gasteiger partial charge is 0.310 e. The zero-order chi connectivity index (χ0) is 56.3. The minimum absolute atomic E-state index is 0.537. The van der Waals surface area contributed by atoms with E-state index in [4.69, 9.17) is 0 Å². The third-order valence-corrected chi connectivity index (χ3v) is 18.9. The third-order valence-electron chi connectivity index (χ3n) is 18.9. The highest BCUT2D eigenvalue weighted by Gasteiger charge is 2.48. The Morgan fingerprint density at radius 3 is 1.18 bits per heavy atom. The van der Waals surface area contributed by atoms with Crippen LogP contribution in [0.15, 0.2) is 290 Å². The number of rotatable bonds is 10. The molecule has 0 saturated carbocycles. The summed E-state index contributed by atoms with van der Waals surface area (Å²) in [4.78, 5) is 5.07. The second kappa shape index (κ2) is 19.3. The van der Waals surface area contributed by atoms with Crippen LogP contribution in [-0.4, -0.2) is 0 Å². The average Bonchev–Trinajstić information content (AvgIpc) is 1.52. The number of hydrogen-bond acceptors (Lipinski definition) is 2. The zero-order valence-electron chi connectivity index (χ0n) is 47.9. The number of allylic oxidation sites excluding steroid dienone is 3. The van der Waals surface area contributed by atoms with Crippen molar-refractivity contribution in [2.75, 3.05) is 9.80 Å². The highest BCUT2D eigenvalue weighted by Crippen LogP contribution is 2.59. The Hall–Kier alpha value is -10.0. The molecule has 400 valence electrons. The predicted octanol–water partition coefficient (Wildman–Crippen LogP) is 21.5. The first-order chi connectivity index (χ1) is 41.3. The van der Waals surface area contributed by atoms with E-state index in [0.717, 1.165) is 41.3 Å². The SMILES string of the molecule is CC1=CC(N(c2cccc(C3(c4ccc(C)cc4)c4ccccc4-c4ccccc43)c2)c2ccc3ccc4c(N(c5cccc(C)c5)c5cccc(C6(c7ccc(C)cc7)c7ccccc7-c7ccccc76)c5)ccc5ccc2c3c54)=CCC1. The Labute approximate surface area is 492 Å². The van der Waals surface area contributed by atoms with Crippen LogP contribution >= 0.6 is 0 Å². The predicted molar refractivity (Wildman–Crippen MR) is 353 cm³/mol. The molecule has 0 aromatic heterocycles. The summed E-state index contributed by atoms with van der Waals surface area (Å²) in [6, 6.07) is 102. The molecule has 0 unspecified atom stereocenters. The molecule has 16 rings (SSSR count). The van der Waals surface area contributed by atoms with Crippen molar-refractivity contribution < 1.29 is 0 Å². The quantitative estimate of drug-likeness (QED) is 0.126. The molecule has 0 aliphatic heterocycles. The van der Waals surface area contributed by atoms with Crippen LogP contribution in [0.3, 0.4) is 0 Å². The van der Waals surface area contributed by atoms with Crippen molar-refractivity contribution in [3.8, 4) is 22.3 Å². The van der Waals surface area contributed by atoms with Crippen molar-refractivity contribution in [1.82, 2.24) is 0 Å². The molecular weight excluding hydrogens is 1010 g/mol. The number of hydrogen-bond donors (Lipinski definition) is 0. The monoisotopic (exact) mass is 1070 g/mol. The van der Waals surface area contributed by atoms with Crippen molar-refractivity contribution in [3.05, 3.63) is 352 Å². The van der Waals surface area contributed by atoms with E-state index in [-0.39, 0.29) is 0 Å². The maximum absolute atomic E-state index is 2.56. The van der Waals surface area contributed by atoms with Gasteiger partial charge in [0.15, 0.2) is 0 Å². The summed E-state index contributed by atoms with van der Waals surface area (Å²) < 4.78 is 0. The Morgan fingerprint density at radius 2 is 0.726 bits per heavy atom. The van der Waals surface area contributed by atoms with Gasteiger partial charge in [-0.1, -0.05) is 241 Å². The Balaban J connectivity index is 0.905. The summed E-state index contributed by atoms with van der Waals surface area (Å²) in [5.41, 5.74) is 26.3. The fourth-order valence-corrected chi connectivity index (χ4v) is 15.2. The number of anilines is 5. The van der Waals surface area contributed by atoms with Crippen molar-refractivity contribution in [2.24, 2.45) is 0 Å². The lowest BCUT2D eigenvalue weighted by Gasteiger charge is -2.36. The van der Waals surface area contributed by atoms with Gasteiger partial charge >= 0.3 is 0 Å². The zero-order valence-corrected chi connectivity index (χ0v) is 47.9. The molecule has 84 heavy (non-hydrogen) atoms. The summed E-state index contributed by atoms with van der Waals surface area (Å²) in [6.45, 7) is 8.86. The van der Waals surface area contributed by atoms with Gasteiger partial charge in [0, 0.05) is 33.5 Å². The van der Waals surface area contributed by atoms with Crippen LogP contribution in [-0.2, 0) is 10.8 Å². The van der Waals surface area contributed by atoms with Crippen LogP contribution in [0.1, 0.15) is 81.0 Å². The summed E-state index contributed by atoms with van der Waals surface area (Å²) in [5, 5.41) is 7.41. The molecule has 0 N–H and O–H groups in total. The topological polar surface area (TPSA) is 6.48 Å². The van der Waals surface area contributed by atoms with Crippen molar-refractivity contribution in [2.45, 2.75) is 51.4 Å². The van der Waals surface area contributed by atoms with Gasteiger partial charge in [-0.3, -0.25) is 0 Å². The minimum atomic E-state index is -0.547. The Morgan fingerprint density at radius 1 is 0.321 bits per heavy atom.